The molecule has 0 aliphatic rings. The molecule has 0 atom stereocenters. The van der Waals surface area contributed by atoms with Gasteiger partial charge in [-0.05, 0) is 47.4 Å². The van der Waals surface area contributed by atoms with Crippen LogP contribution in [0.15, 0.2) is 20.1 Å². The molecule has 3 N–H and O–H groups in total. The fourth-order valence-corrected chi connectivity index (χ4v) is 4.47. The summed E-state index contributed by atoms with van der Waals surface area (Å²) in [6.45, 7) is 1.19. The highest BCUT2D eigenvalue weighted by molar-refractivity contribution is 9.11. The lowest BCUT2D eigenvalue weighted by molar-refractivity contribution is 0.574. The van der Waals surface area contributed by atoms with Gasteiger partial charge in [-0.15, -0.1) is 11.3 Å². The molecule has 0 unspecified atom stereocenters. The van der Waals surface area contributed by atoms with Crippen LogP contribution in [0, 0.1) is 0 Å². The van der Waals surface area contributed by atoms with Gasteiger partial charge in [-0.1, -0.05) is 12.8 Å². The van der Waals surface area contributed by atoms with Gasteiger partial charge in [-0.2, -0.15) is 0 Å². The van der Waals surface area contributed by atoms with Gasteiger partial charge in [0.05, 0.1) is 3.79 Å². The van der Waals surface area contributed by atoms with Crippen molar-refractivity contribution >= 4 is 37.3 Å². The van der Waals surface area contributed by atoms with Crippen molar-refractivity contribution in [1.82, 2.24) is 4.72 Å². The van der Waals surface area contributed by atoms with Crippen LogP contribution < -0.4 is 10.5 Å². The molecule has 0 saturated carbocycles. The van der Waals surface area contributed by atoms with Crippen molar-refractivity contribution in [2.75, 3.05) is 13.1 Å². The Hall–Kier alpha value is 0.0500. The minimum atomic E-state index is -3.32. The zero-order chi connectivity index (χ0) is 12.7. The third-order valence-electron chi connectivity index (χ3n) is 2.24. The molecule has 7 heteroatoms. The number of thiophene rings is 1. The summed E-state index contributed by atoms with van der Waals surface area (Å²) in [4.78, 5) is 0. The molecule has 1 aromatic rings. The van der Waals surface area contributed by atoms with E-state index in [1.54, 1.807) is 12.1 Å². The zero-order valence-corrected chi connectivity index (χ0v) is 12.7. The van der Waals surface area contributed by atoms with Crippen molar-refractivity contribution in [3.05, 3.63) is 15.9 Å². The second-order valence-electron chi connectivity index (χ2n) is 3.66. The molecule has 0 fully saturated rings. The number of nitrogens with one attached hydrogen (secondary N) is 1. The van der Waals surface area contributed by atoms with Gasteiger partial charge in [0.25, 0.3) is 0 Å². The minimum Gasteiger partial charge on any atom is -0.330 e. The van der Waals surface area contributed by atoms with E-state index in [0.717, 1.165) is 29.5 Å². The fourth-order valence-electron chi connectivity index (χ4n) is 1.34. The first kappa shape index (κ1) is 15.1. The molecule has 0 aliphatic heterocycles. The number of hydrogen-bond acceptors (Lipinski definition) is 4. The standard InChI is InChI=1S/C10H17BrN2O2S2/c11-9-5-6-10(16-9)17(14,15)13-8-4-2-1-3-7-12/h5-6,13H,1-4,7-8,12H2. The smallest absolute Gasteiger partial charge is 0.250 e. The quantitative estimate of drug-likeness (QED) is 0.713. The van der Waals surface area contributed by atoms with Crippen LogP contribution in [0.4, 0.5) is 0 Å². The number of rotatable bonds is 8. The van der Waals surface area contributed by atoms with Crippen LogP contribution in [-0.2, 0) is 10.0 Å². The number of unbranched alkanes of at least 4 members (excludes halogenated alkanes) is 3. The molecule has 4 nitrogen and oxygen atoms in total. The van der Waals surface area contributed by atoms with Crippen LogP contribution in [-0.4, -0.2) is 21.5 Å². The van der Waals surface area contributed by atoms with Crippen molar-refractivity contribution < 1.29 is 8.42 Å². The topological polar surface area (TPSA) is 72.2 Å². The van der Waals surface area contributed by atoms with Crippen LogP contribution in [0.3, 0.4) is 0 Å². The van der Waals surface area contributed by atoms with Crippen molar-refractivity contribution in [3.8, 4) is 0 Å². The van der Waals surface area contributed by atoms with Gasteiger partial charge in [-0.25, -0.2) is 13.1 Å². The average molecular weight is 341 g/mol. The second-order valence-corrected chi connectivity index (χ2v) is 8.12. The van der Waals surface area contributed by atoms with E-state index in [9.17, 15) is 8.42 Å². The van der Waals surface area contributed by atoms with E-state index < -0.39 is 10.0 Å². The molecule has 0 spiro atoms. The summed E-state index contributed by atoms with van der Waals surface area (Å²) in [6.07, 6.45) is 3.92. The second kappa shape index (κ2) is 7.48. The molecule has 1 heterocycles. The van der Waals surface area contributed by atoms with Gasteiger partial charge in [0.1, 0.15) is 4.21 Å². The van der Waals surface area contributed by atoms with Gasteiger partial charge in [0, 0.05) is 6.54 Å². The summed E-state index contributed by atoms with van der Waals surface area (Å²) < 4.78 is 27.4. The number of sulfonamides is 1. The van der Waals surface area contributed by atoms with Crippen LogP contribution >= 0.6 is 27.3 Å². The summed E-state index contributed by atoms with van der Waals surface area (Å²) >= 11 is 4.47. The van der Waals surface area contributed by atoms with Crippen molar-refractivity contribution in [3.63, 3.8) is 0 Å². The van der Waals surface area contributed by atoms with Gasteiger partial charge < -0.3 is 5.73 Å². The Morgan fingerprint density at radius 1 is 1.24 bits per heavy atom. The summed E-state index contributed by atoms with van der Waals surface area (Å²) in [6, 6.07) is 3.34. The van der Waals surface area contributed by atoms with Crippen LogP contribution in [0.2, 0.25) is 0 Å². The Bertz CT molecular complexity index is 431. The summed E-state index contributed by atoms with van der Waals surface area (Å²) in [5, 5.41) is 0. The molecular weight excluding hydrogens is 324 g/mol. The Morgan fingerprint density at radius 3 is 2.53 bits per heavy atom. The van der Waals surface area contributed by atoms with Gasteiger partial charge in [-0.3, -0.25) is 0 Å². The minimum absolute atomic E-state index is 0.353. The first-order valence-electron chi connectivity index (χ1n) is 5.51. The normalized spacial score (nSPS) is 11.9. The summed E-state index contributed by atoms with van der Waals surface area (Å²) in [5.41, 5.74) is 5.38. The SMILES string of the molecule is NCCCCCCNS(=O)(=O)c1ccc(Br)s1. The number of nitrogens with two attached hydrogens (primary N) is 1. The lowest BCUT2D eigenvalue weighted by Gasteiger charge is -2.04. The molecule has 0 saturated heterocycles. The summed E-state index contributed by atoms with van der Waals surface area (Å²) in [7, 11) is -3.32. The maximum atomic E-state index is 11.8. The van der Waals surface area contributed by atoms with E-state index in [4.69, 9.17) is 5.73 Å². The van der Waals surface area contributed by atoms with E-state index in [0.29, 0.717) is 17.3 Å². The highest BCUT2D eigenvalue weighted by Crippen LogP contribution is 2.25. The van der Waals surface area contributed by atoms with Crippen molar-refractivity contribution in [2.24, 2.45) is 5.73 Å². The van der Waals surface area contributed by atoms with E-state index in [-0.39, 0.29) is 0 Å². The predicted molar refractivity (Wildman–Crippen MR) is 74.7 cm³/mol. The highest BCUT2D eigenvalue weighted by Gasteiger charge is 2.15. The summed E-state index contributed by atoms with van der Waals surface area (Å²) in [5.74, 6) is 0. The van der Waals surface area contributed by atoms with E-state index in [2.05, 4.69) is 20.7 Å². The Morgan fingerprint density at radius 2 is 1.94 bits per heavy atom. The molecule has 1 aromatic heterocycles. The lowest BCUT2D eigenvalue weighted by atomic mass is 10.2. The van der Waals surface area contributed by atoms with Crippen molar-refractivity contribution in [2.45, 2.75) is 29.9 Å². The maximum absolute atomic E-state index is 11.8. The Labute approximate surface area is 115 Å². The Balaban J connectivity index is 2.31. The zero-order valence-electron chi connectivity index (χ0n) is 9.49. The van der Waals surface area contributed by atoms with E-state index in [1.165, 1.54) is 11.3 Å². The third-order valence-corrected chi connectivity index (χ3v) is 5.81. The Kier molecular flexibility index (Phi) is 6.65. The van der Waals surface area contributed by atoms with Gasteiger partial charge in [0.15, 0.2) is 0 Å². The van der Waals surface area contributed by atoms with Crippen LogP contribution in [0.1, 0.15) is 25.7 Å². The molecule has 0 aliphatic carbocycles. The maximum Gasteiger partial charge on any atom is 0.250 e. The first-order chi connectivity index (χ1) is 8.06. The highest BCUT2D eigenvalue weighted by atomic mass is 79.9. The first-order valence-corrected chi connectivity index (χ1v) is 8.60. The monoisotopic (exact) mass is 340 g/mol. The number of hydrogen-bond donors (Lipinski definition) is 2. The van der Waals surface area contributed by atoms with Crippen LogP contribution in [0.5, 0.6) is 0 Å². The third kappa shape index (κ3) is 5.48. The molecule has 0 bridgehead atoms. The van der Waals surface area contributed by atoms with Crippen LogP contribution in [0.25, 0.3) is 0 Å². The predicted octanol–water partition coefficient (Wildman–Crippen LogP) is 2.31. The molecule has 17 heavy (non-hydrogen) atoms. The van der Waals surface area contributed by atoms with Crippen molar-refractivity contribution in [1.29, 1.82) is 0 Å². The number of halogens is 1. The van der Waals surface area contributed by atoms with E-state index >= 15 is 0 Å². The average Bonchev–Trinajstić information content (AvgIpc) is 2.71. The molecule has 1 rings (SSSR count). The largest absolute Gasteiger partial charge is 0.330 e. The molecular formula is C10H17BrN2O2S2. The molecule has 0 aromatic carbocycles. The lowest BCUT2D eigenvalue weighted by Crippen LogP contribution is -2.23. The van der Waals surface area contributed by atoms with Gasteiger partial charge >= 0.3 is 0 Å². The molecule has 0 amide bonds. The fraction of sp³-hybridized carbons (Fsp3) is 0.600. The molecule has 0 radical (unpaired) electrons. The van der Waals surface area contributed by atoms with Gasteiger partial charge in [0.2, 0.25) is 10.0 Å². The molecule has 98 valence electrons. The van der Waals surface area contributed by atoms with E-state index in [1.807, 2.05) is 0 Å².